The van der Waals surface area contributed by atoms with Crippen LogP contribution < -0.4 is 9.80 Å². The molecule has 2 heteroatoms. The largest absolute Gasteiger partial charge is 0.310 e. The van der Waals surface area contributed by atoms with Crippen LogP contribution in [0.15, 0.2) is 146 Å². The minimum Gasteiger partial charge on any atom is -0.310 e. The van der Waals surface area contributed by atoms with E-state index in [1.54, 1.807) is 0 Å². The molecule has 0 atom stereocenters. The van der Waals surface area contributed by atoms with Crippen molar-refractivity contribution in [3.05, 3.63) is 168 Å². The third-order valence-corrected chi connectivity index (χ3v) is 7.67. The molecule has 0 aliphatic carbocycles. The molecule has 0 heterocycles. The first kappa shape index (κ1) is 27.1. The molecular weight excluding hydrogens is 508 g/mol. The van der Waals surface area contributed by atoms with E-state index >= 15 is 0 Å². The highest BCUT2D eigenvalue weighted by Gasteiger charge is 2.16. The Bertz CT molecular complexity index is 1770. The summed E-state index contributed by atoms with van der Waals surface area (Å²) >= 11 is 0. The van der Waals surface area contributed by atoms with Crippen LogP contribution in [0.2, 0.25) is 0 Å². The summed E-state index contributed by atoms with van der Waals surface area (Å²) in [5, 5.41) is 0. The molecule has 0 aromatic heterocycles. The van der Waals surface area contributed by atoms with Gasteiger partial charge in [-0.25, -0.2) is 0 Å². The molecule has 0 amide bonds. The van der Waals surface area contributed by atoms with Crippen molar-refractivity contribution in [1.29, 1.82) is 0 Å². The molecule has 0 saturated carbocycles. The minimum absolute atomic E-state index is 1.14. The summed E-state index contributed by atoms with van der Waals surface area (Å²) in [6.07, 6.45) is 0. The Balaban J connectivity index is 1.34. The average molecular weight is 545 g/mol. The summed E-state index contributed by atoms with van der Waals surface area (Å²) in [7, 11) is 0. The molecule has 0 N–H and O–H groups in total. The van der Waals surface area contributed by atoms with Gasteiger partial charge in [-0.1, -0.05) is 84.4 Å². The second kappa shape index (κ2) is 11.8. The monoisotopic (exact) mass is 544 g/mol. The fourth-order valence-electron chi connectivity index (χ4n) is 5.77. The van der Waals surface area contributed by atoms with Crippen molar-refractivity contribution in [3.63, 3.8) is 0 Å². The SMILES string of the molecule is Cc1cc(C)cc(N(c2ccccc2)c2ccc(-c3ccc(N(c4ccccc4)c4ccc(C)cc4C)cc3)cc2)c1. The van der Waals surface area contributed by atoms with Crippen LogP contribution in [0.4, 0.5) is 34.1 Å². The Morgan fingerprint density at radius 3 is 1.29 bits per heavy atom. The smallest absolute Gasteiger partial charge is 0.0490 e. The molecular formula is C40H36N2. The first-order valence-corrected chi connectivity index (χ1v) is 14.5. The quantitative estimate of drug-likeness (QED) is 0.197. The maximum Gasteiger partial charge on any atom is 0.0490 e. The average Bonchev–Trinajstić information content (AvgIpc) is 3.00. The predicted octanol–water partition coefficient (Wildman–Crippen LogP) is 11.5. The molecule has 6 rings (SSSR count). The van der Waals surface area contributed by atoms with E-state index in [2.05, 4.69) is 183 Å². The third-order valence-electron chi connectivity index (χ3n) is 7.67. The van der Waals surface area contributed by atoms with Crippen LogP contribution in [0.5, 0.6) is 0 Å². The van der Waals surface area contributed by atoms with E-state index in [1.165, 1.54) is 44.8 Å². The molecule has 42 heavy (non-hydrogen) atoms. The summed E-state index contributed by atoms with van der Waals surface area (Å²) in [6.45, 7) is 8.65. The second-order valence-corrected chi connectivity index (χ2v) is 11.1. The van der Waals surface area contributed by atoms with Crippen LogP contribution in [-0.2, 0) is 0 Å². The van der Waals surface area contributed by atoms with E-state index in [-0.39, 0.29) is 0 Å². The molecule has 206 valence electrons. The minimum atomic E-state index is 1.14. The van der Waals surface area contributed by atoms with Gasteiger partial charge in [0.25, 0.3) is 0 Å². The van der Waals surface area contributed by atoms with Crippen LogP contribution >= 0.6 is 0 Å². The molecule has 6 aromatic carbocycles. The summed E-state index contributed by atoms with van der Waals surface area (Å²) < 4.78 is 0. The molecule has 0 spiro atoms. The van der Waals surface area contributed by atoms with Crippen molar-refractivity contribution < 1.29 is 0 Å². The highest BCUT2D eigenvalue weighted by atomic mass is 15.1. The summed E-state index contributed by atoms with van der Waals surface area (Å²) in [5.74, 6) is 0. The van der Waals surface area contributed by atoms with Crippen LogP contribution in [-0.4, -0.2) is 0 Å². The number of hydrogen-bond acceptors (Lipinski definition) is 2. The van der Waals surface area contributed by atoms with Gasteiger partial charge in [-0.15, -0.1) is 0 Å². The van der Waals surface area contributed by atoms with Gasteiger partial charge in [0.15, 0.2) is 0 Å². The number of rotatable bonds is 7. The number of hydrogen-bond donors (Lipinski definition) is 0. The van der Waals surface area contributed by atoms with Gasteiger partial charge in [-0.05, 0) is 122 Å². The number of para-hydroxylation sites is 2. The van der Waals surface area contributed by atoms with Crippen LogP contribution in [0.25, 0.3) is 11.1 Å². The fourth-order valence-corrected chi connectivity index (χ4v) is 5.77. The van der Waals surface area contributed by atoms with E-state index in [0.717, 1.165) is 22.7 Å². The Kier molecular flexibility index (Phi) is 7.62. The zero-order chi connectivity index (χ0) is 29.1. The van der Waals surface area contributed by atoms with E-state index in [0.29, 0.717) is 0 Å². The van der Waals surface area contributed by atoms with Gasteiger partial charge < -0.3 is 9.80 Å². The number of benzene rings is 6. The van der Waals surface area contributed by atoms with Gasteiger partial charge in [0.2, 0.25) is 0 Å². The Hall–Kier alpha value is -5.08. The molecule has 0 aliphatic heterocycles. The fraction of sp³-hybridized carbons (Fsp3) is 0.100. The highest BCUT2D eigenvalue weighted by Crippen LogP contribution is 2.39. The Morgan fingerprint density at radius 2 is 0.786 bits per heavy atom. The number of nitrogens with zero attached hydrogens (tertiary/aromatic N) is 2. The van der Waals surface area contributed by atoms with Crippen LogP contribution in [0.1, 0.15) is 22.3 Å². The van der Waals surface area contributed by atoms with Gasteiger partial charge in [0.1, 0.15) is 0 Å². The Morgan fingerprint density at radius 1 is 0.333 bits per heavy atom. The molecule has 0 saturated heterocycles. The van der Waals surface area contributed by atoms with Crippen LogP contribution in [0.3, 0.4) is 0 Å². The second-order valence-electron chi connectivity index (χ2n) is 11.1. The summed E-state index contributed by atoms with van der Waals surface area (Å²) in [4.78, 5) is 4.66. The lowest BCUT2D eigenvalue weighted by Crippen LogP contribution is -2.11. The first-order valence-electron chi connectivity index (χ1n) is 14.5. The van der Waals surface area contributed by atoms with E-state index in [9.17, 15) is 0 Å². The molecule has 0 aliphatic rings. The van der Waals surface area contributed by atoms with E-state index < -0.39 is 0 Å². The van der Waals surface area contributed by atoms with Crippen molar-refractivity contribution >= 4 is 34.1 Å². The van der Waals surface area contributed by atoms with Gasteiger partial charge in [0, 0.05) is 34.1 Å². The van der Waals surface area contributed by atoms with Crippen LogP contribution in [0, 0.1) is 27.7 Å². The van der Waals surface area contributed by atoms with E-state index in [4.69, 9.17) is 0 Å². The highest BCUT2D eigenvalue weighted by molar-refractivity contribution is 5.81. The van der Waals surface area contributed by atoms with Crippen molar-refractivity contribution in [2.75, 3.05) is 9.80 Å². The lowest BCUT2D eigenvalue weighted by molar-refractivity contribution is 1.24. The number of anilines is 6. The van der Waals surface area contributed by atoms with Gasteiger partial charge >= 0.3 is 0 Å². The topological polar surface area (TPSA) is 6.48 Å². The van der Waals surface area contributed by atoms with Crippen molar-refractivity contribution in [2.24, 2.45) is 0 Å². The molecule has 6 aromatic rings. The predicted molar refractivity (Wildman–Crippen MR) is 180 cm³/mol. The van der Waals surface area contributed by atoms with E-state index in [1.807, 2.05) is 0 Å². The molecule has 0 fully saturated rings. The van der Waals surface area contributed by atoms with Gasteiger partial charge in [-0.3, -0.25) is 0 Å². The number of aryl methyl sites for hydroxylation is 4. The first-order chi connectivity index (χ1) is 20.5. The standard InChI is InChI=1S/C40H36N2/c1-29-15-24-40(32(4)26-29)42(36-13-9-6-10-14-36)38-22-18-34(19-23-38)33-16-20-37(21-17-33)41(35-11-7-5-8-12-35)39-27-30(2)25-31(3)28-39/h5-28H,1-4H3. The lowest BCUT2D eigenvalue weighted by atomic mass is 10.0. The maximum atomic E-state index is 2.34. The van der Waals surface area contributed by atoms with Gasteiger partial charge in [0.05, 0.1) is 0 Å². The molecule has 0 radical (unpaired) electrons. The zero-order valence-corrected chi connectivity index (χ0v) is 24.8. The zero-order valence-electron chi connectivity index (χ0n) is 24.8. The van der Waals surface area contributed by atoms with Crippen molar-refractivity contribution in [3.8, 4) is 11.1 Å². The third kappa shape index (κ3) is 5.70. The lowest BCUT2D eigenvalue weighted by Gasteiger charge is -2.27. The molecule has 0 bridgehead atoms. The Labute approximate surface area is 250 Å². The molecule has 2 nitrogen and oxygen atoms in total. The maximum absolute atomic E-state index is 2.34. The summed E-state index contributed by atoms with van der Waals surface area (Å²) in [5.41, 5.74) is 14.3. The van der Waals surface area contributed by atoms with Crippen molar-refractivity contribution in [2.45, 2.75) is 27.7 Å². The molecule has 0 unspecified atom stereocenters. The summed E-state index contributed by atoms with van der Waals surface area (Å²) in [6, 6.07) is 52.3. The van der Waals surface area contributed by atoms with Crippen molar-refractivity contribution in [1.82, 2.24) is 0 Å². The normalized spacial score (nSPS) is 10.9. The van der Waals surface area contributed by atoms with Gasteiger partial charge in [-0.2, -0.15) is 0 Å².